The highest BCUT2D eigenvalue weighted by Crippen LogP contribution is 2.24. The Morgan fingerprint density at radius 2 is 2.00 bits per heavy atom. The summed E-state index contributed by atoms with van der Waals surface area (Å²) in [6.45, 7) is 4.50. The van der Waals surface area contributed by atoms with Gasteiger partial charge in [-0.15, -0.1) is 12.4 Å². The van der Waals surface area contributed by atoms with E-state index < -0.39 is 0 Å². The van der Waals surface area contributed by atoms with Gasteiger partial charge in [0.15, 0.2) is 0 Å². The number of rotatable bonds is 5. The highest BCUT2D eigenvalue weighted by atomic mass is 35.5. The van der Waals surface area contributed by atoms with Gasteiger partial charge in [0.05, 0.1) is 6.54 Å². The molecule has 1 aliphatic heterocycles. The molecule has 116 valence electrons. The van der Waals surface area contributed by atoms with Crippen LogP contribution in [0.2, 0.25) is 0 Å². The number of halogens is 1. The van der Waals surface area contributed by atoms with Gasteiger partial charge in [0.2, 0.25) is 0 Å². The Balaban J connectivity index is 0.00000161. The molecule has 0 atom stereocenters. The van der Waals surface area contributed by atoms with E-state index in [0.29, 0.717) is 0 Å². The standard InChI is InChI=1S/C17H24N2O.ClH/c1-18-9-6-14-7-10-19(11-8-14)13-16-12-15-4-2-3-5-17(15)20-16;/h2-5,12,14,18H,6-11,13H2,1H3;1H. The summed E-state index contributed by atoms with van der Waals surface area (Å²) in [6, 6.07) is 10.4. The molecule has 1 N–H and O–H groups in total. The number of piperidine rings is 1. The minimum absolute atomic E-state index is 0. The van der Waals surface area contributed by atoms with Crippen molar-refractivity contribution in [2.24, 2.45) is 5.92 Å². The SMILES string of the molecule is CNCCC1CCN(Cc2cc3ccccc3o2)CC1.Cl. The Kier molecular flexibility index (Phi) is 6.09. The van der Waals surface area contributed by atoms with Gasteiger partial charge in [0.1, 0.15) is 11.3 Å². The van der Waals surface area contributed by atoms with E-state index >= 15 is 0 Å². The lowest BCUT2D eigenvalue weighted by Gasteiger charge is -2.31. The van der Waals surface area contributed by atoms with E-state index in [9.17, 15) is 0 Å². The van der Waals surface area contributed by atoms with Gasteiger partial charge in [-0.2, -0.15) is 0 Å². The number of hydrogen-bond acceptors (Lipinski definition) is 3. The number of furan rings is 1. The van der Waals surface area contributed by atoms with Gasteiger partial charge in [-0.3, -0.25) is 4.90 Å². The van der Waals surface area contributed by atoms with Crippen LogP contribution in [0.3, 0.4) is 0 Å². The smallest absolute Gasteiger partial charge is 0.134 e. The maximum atomic E-state index is 5.91. The van der Waals surface area contributed by atoms with E-state index in [-0.39, 0.29) is 12.4 Å². The van der Waals surface area contributed by atoms with Crippen molar-refractivity contribution < 1.29 is 4.42 Å². The zero-order valence-electron chi connectivity index (χ0n) is 12.7. The maximum Gasteiger partial charge on any atom is 0.134 e. The molecule has 2 heterocycles. The first-order valence-electron chi connectivity index (χ1n) is 7.69. The normalized spacial score (nSPS) is 17.0. The van der Waals surface area contributed by atoms with Crippen LogP contribution in [0, 0.1) is 5.92 Å². The van der Waals surface area contributed by atoms with Crippen LogP contribution >= 0.6 is 12.4 Å². The van der Waals surface area contributed by atoms with Gasteiger partial charge < -0.3 is 9.73 Å². The van der Waals surface area contributed by atoms with E-state index in [0.717, 1.165) is 30.4 Å². The van der Waals surface area contributed by atoms with Crippen LogP contribution in [0.15, 0.2) is 34.7 Å². The molecule has 1 fully saturated rings. The molecule has 0 spiro atoms. The number of para-hydroxylation sites is 1. The number of nitrogens with zero attached hydrogens (tertiary/aromatic N) is 1. The number of benzene rings is 1. The zero-order valence-corrected chi connectivity index (χ0v) is 13.5. The molecule has 0 amide bonds. The van der Waals surface area contributed by atoms with Crippen LogP contribution in [0.1, 0.15) is 25.0 Å². The molecule has 1 aromatic heterocycles. The van der Waals surface area contributed by atoms with Gasteiger partial charge in [-0.05, 0) is 64.0 Å². The molecule has 1 saturated heterocycles. The molecule has 1 aromatic carbocycles. The summed E-state index contributed by atoms with van der Waals surface area (Å²) in [6.07, 6.45) is 3.96. The van der Waals surface area contributed by atoms with Crippen LogP contribution in [0.25, 0.3) is 11.0 Å². The Morgan fingerprint density at radius 1 is 1.24 bits per heavy atom. The average molecular weight is 309 g/mol. The van der Waals surface area contributed by atoms with Crippen molar-refractivity contribution in [1.29, 1.82) is 0 Å². The largest absolute Gasteiger partial charge is 0.460 e. The Hall–Kier alpha value is -1.03. The van der Waals surface area contributed by atoms with Gasteiger partial charge in [0.25, 0.3) is 0 Å². The van der Waals surface area contributed by atoms with E-state index in [2.05, 4.69) is 28.4 Å². The fraction of sp³-hybridized carbons (Fsp3) is 0.529. The number of likely N-dealkylation sites (tertiary alicyclic amines) is 1. The summed E-state index contributed by atoms with van der Waals surface area (Å²) in [4.78, 5) is 2.52. The quantitative estimate of drug-likeness (QED) is 0.913. The Bertz CT molecular complexity index is 513. The van der Waals surface area contributed by atoms with Crippen LogP contribution in [-0.2, 0) is 6.54 Å². The van der Waals surface area contributed by atoms with E-state index in [1.807, 2.05) is 19.2 Å². The summed E-state index contributed by atoms with van der Waals surface area (Å²) in [5.41, 5.74) is 1.01. The lowest BCUT2D eigenvalue weighted by molar-refractivity contribution is 0.163. The summed E-state index contributed by atoms with van der Waals surface area (Å²) in [7, 11) is 2.04. The summed E-state index contributed by atoms with van der Waals surface area (Å²) >= 11 is 0. The fourth-order valence-corrected chi connectivity index (χ4v) is 3.12. The predicted octanol–water partition coefficient (Wildman–Crippen LogP) is 3.68. The summed E-state index contributed by atoms with van der Waals surface area (Å²) in [5, 5.41) is 4.47. The van der Waals surface area contributed by atoms with Crippen molar-refractivity contribution in [2.45, 2.75) is 25.8 Å². The zero-order chi connectivity index (χ0) is 13.8. The monoisotopic (exact) mass is 308 g/mol. The minimum Gasteiger partial charge on any atom is -0.460 e. The highest BCUT2D eigenvalue weighted by molar-refractivity contribution is 5.85. The van der Waals surface area contributed by atoms with Gasteiger partial charge in [-0.25, -0.2) is 0 Å². The molecular formula is C17H25ClN2O. The van der Waals surface area contributed by atoms with E-state index in [1.165, 1.54) is 37.7 Å². The van der Waals surface area contributed by atoms with Gasteiger partial charge in [-0.1, -0.05) is 18.2 Å². The van der Waals surface area contributed by atoms with Crippen molar-refractivity contribution in [3.63, 3.8) is 0 Å². The molecular weight excluding hydrogens is 284 g/mol. The third kappa shape index (κ3) is 4.22. The molecule has 0 saturated carbocycles. The van der Waals surface area contributed by atoms with Crippen molar-refractivity contribution in [1.82, 2.24) is 10.2 Å². The molecule has 0 unspecified atom stereocenters. The first-order valence-corrected chi connectivity index (χ1v) is 7.69. The predicted molar refractivity (Wildman–Crippen MR) is 90.0 cm³/mol. The lowest BCUT2D eigenvalue weighted by atomic mass is 9.93. The molecule has 3 rings (SSSR count). The molecule has 0 aliphatic carbocycles. The fourth-order valence-electron chi connectivity index (χ4n) is 3.12. The molecule has 0 bridgehead atoms. The van der Waals surface area contributed by atoms with Crippen LogP contribution in [-0.4, -0.2) is 31.6 Å². The summed E-state index contributed by atoms with van der Waals surface area (Å²) in [5.74, 6) is 1.99. The molecule has 2 aromatic rings. The topological polar surface area (TPSA) is 28.4 Å². The average Bonchev–Trinajstić information content (AvgIpc) is 2.89. The van der Waals surface area contributed by atoms with Crippen LogP contribution < -0.4 is 5.32 Å². The molecule has 0 radical (unpaired) electrons. The molecule has 4 heteroatoms. The summed E-state index contributed by atoms with van der Waals surface area (Å²) < 4.78 is 5.91. The van der Waals surface area contributed by atoms with Gasteiger partial charge >= 0.3 is 0 Å². The second-order valence-electron chi connectivity index (χ2n) is 5.86. The van der Waals surface area contributed by atoms with Crippen molar-refractivity contribution in [3.8, 4) is 0 Å². The maximum absolute atomic E-state index is 5.91. The van der Waals surface area contributed by atoms with Gasteiger partial charge in [0, 0.05) is 5.39 Å². The van der Waals surface area contributed by atoms with E-state index in [4.69, 9.17) is 4.42 Å². The lowest BCUT2D eigenvalue weighted by Crippen LogP contribution is -2.33. The molecule has 3 nitrogen and oxygen atoms in total. The first-order chi connectivity index (χ1) is 9.85. The third-order valence-corrected chi connectivity index (χ3v) is 4.37. The Morgan fingerprint density at radius 3 is 2.71 bits per heavy atom. The van der Waals surface area contributed by atoms with Crippen molar-refractivity contribution in [2.75, 3.05) is 26.7 Å². The molecule has 1 aliphatic rings. The number of fused-ring (bicyclic) bond motifs is 1. The minimum atomic E-state index is 0. The molecule has 21 heavy (non-hydrogen) atoms. The number of hydrogen-bond donors (Lipinski definition) is 1. The third-order valence-electron chi connectivity index (χ3n) is 4.37. The van der Waals surface area contributed by atoms with Crippen molar-refractivity contribution in [3.05, 3.63) is 36.1 Å². The number of nitrogens with one attached hydrogen (secondary N) is 1. The highest BCUT2D eigenvalue weighted by Gasteiger charge is 2.19. The first kappa shape index (κ1) is 16.3. The van der Waals surface area contributed by atoms with Crippen LogP contribution in [0.5, 0.6) is 0 Å². The van der Waals surface area contributed by atoms with Crippen LogP contribution in [0.4, 0.5) is 0 Å². The second kappa shape index (κ2) is 7.83. The second-order valence-corrected chi connectivity index (χ2v) is 5.86. The van der Waals surface area contributed by atoms with Crippen molar-refractivity contribution >= 4 is 23.4 Å². The Labute approximate surface area is 133 Å². The van der Waals surface area contributed by atoms with E-state index in [1.54, 1.807) is 0 Å².